The van der Waals surface area contributed by atoms with Gasteiger partial charge in [0.15, 0.2) is 6.61 Å². The molecule has 2 atom stereocenters. The topological polar surface area (TPSA) is 58.6 Å². The average Bonchev–Trinajstić information content (AvgIpc) is 2.74. The number of rotatable bonds is 10. The van der Waals surface area contributed by atoms with Gasteiger partial charge in [-0.05, 0) is 61.7 Å². The number of nitrogens with one attached hydrogen (secondary N) is 1. The van der Waals surface area contributed by atoms with Crippen LogP contribution >= 0.6 is 39.1 Å². The fourth-order valence-electron chi connectivity index (χ4n) is 2.95. The molecule has 0 radical (unpaired) electrons. The summed E-state index contributed by atoms with van der Waals surface area (Å²) in [4.78, 5) is 27.6. The summed E-state index contributed by atoms with van der Waals surface area (Å²) in [7, 11) is 0. The summed E-state index contributed by atoms with van der Waals surface area (Å²) in [5.74, 6) is 0.0668. The molecule has 0 unspecified atom stereocenters. The van der Waals surface area contributed by atoms with Gasteiger partial charge in [0, 0.05) is 27.1 Å². The second kappa shape index (κ2) is 12.3. The molecule has 0 aromatic heterocycles. The predicted molar refractivity (Wildman–Crippen MR) is 129 cm³/mol. The van der Waals surface area contributed by atoms with E-state index >= 15 is 0 Å². The lowest BCUT2D eigenvalue weighted by molar-refractivity contribution is -0.143. The summed E-state index contributed by atoms with van der Waals surface area (Å²) < 4.78 is 6.58. The number of ether oxygens (including phenoxy) is 1. The molecule has 5 nitrogen and oxygen atoms in total. The Labute approximate surface area is 202 Å². The van der Waals surface area contributed by atoms with Crippen LogP contribution in [0.1, 0.15) is 39.2 Å². The third-order valence-corrected chi connectivity index (χ3v) is 6.03. The standard InChI is InChI=1S/C23H27BrCl2N2O3/c1-4-15(3)27-23(30)21(5-2)28(13-16-6-9-18(25)12-20(16)26)22(29)14-31-19-10-7-17(24)8-11-19/h6-12,15,21H,4-5,13-14H2,1-3H3,(H,27,30)/t15-,21-/m1/s1. The summed E-state index contributed by atoms with van der Waals surface area (Å²) in [6.45, 7) is 5.78. The SMILES string of the molecule is CC[C@@H](C)NC(=O)[C@@H](CC)N(Cc1ccc(Cl)cc1Cl)C(=O)COc1ccc(Br)cc1. The molecule has 168 valence electrons. The van der Waals surface area contributed by atoms with Crippen molar-refractivity contribution in [1.29, 1.82) is 0 Å². The molecule has 0 bridgehead atoms. The summed E-state index contributed by atoms with van der Waals surface area (Å²) >= 11 is 15.7. The van der Waals surface area contributed by atoms with Gasteiger partial charge in [-0.25, -0.2) is 0 Å². The maximum Gasteiger partial charge on any atom is 0.261 e. The normalized spacial score (nSPS) is 12.7. The third-order valence-electron chi connectivity index (χ3n) is 4.92. The highest BCUT2D eigenvalue weighted by molar-refractivity contribution is 9.10. The van der Waals surface area contributed by atoms with Crippen LogP contribution in [0.4, 0.5) is 0 Å². The molecule has 0 fully saturated rings. The number of amides is 2. The van der Waals surface area contributed by atoms with Gasteiger partial charge in [0.05, 0.1) is 0 Å². The fourth-order valence-corrected chi connectivity index (χ4v) is 3.69. The Hall–Kier alpha value is -1.76. The molecule has 0 saturated heterocycles. The smallest absolute Gasteiger partial charge is 0.261 e. The zero-order valence-corrected chi connectivity index (χ0v) is 20.9. The van der Waals surface area contributed by atoms with Crippen LogP contribution in [-0.2, 0) is 16.1 Å². The third kappa shape index (κ3) is 7.70. The molecule has 2 aromatic carbocycles. The van der Waals surface area contributed by atoms with Gasteiger partial charge in [-0.1, -0.05) is 59.0 Å². The van der Waals surface area contributed by atoms with Gasteiger partial charge in [0.1, 0.15) is 11.8 Å². The van der Waals surface area contributed by atoms with E-state index in [4.69, 9.17) is 27.9 Å². The first-order chi connectivity index (χ1) is 14.7. The van der Waals surface area contributed by atoms with E-state index in [0.29, 0.717) is 27.8 Å². The fraction of sp³-hybridized carbons (Fsp3) is 0.391. The van der Waals surface area contributed by atoms with Gasteiger partial charge >= 0.3 is 0 Å². The Morgan fingerprint density at radius 3 is 2.35 bits per heavy atom. The molecule has 1 N–H and O–H groups in total. The molecule has 0 aliphatic rings. The number of halogens is 3. The first-order valence-corrected chi connectivity index (χ1v) is 11.7. The maximum absolute atomic E-state index is 13.2. The number of hydrogen-bond acceptors (Lipinski definition) is 3. The van der Waals surface area contributed by atoms with Gasteiger partial charge in [-0.3, -0.25) is 9.59 Å². The van der Waals surface area contributed by atoms with Gasteiger partial charge in [-0.15, -0.1) is 0 Å². The van der Waals surface area contributed by atoms with Crippen LogP contribution in [0.15, 0.2) is 46.9 Å². The van der Waals surface area contributed by atoms with Crippen LogP contribution in [0.25, 0.3) is 0 Å². The Balaban J connectivity index is 2.24. The van der Waals surface area contributed by atoms with Crippen LogP contribution in [0, 0.1) is 0 Å². The van der Waals surface area contributed by atoms with Crippen LogP contribution in [-0.4, -0.2) is 35.4 Å². The van der Waals surface area contributed by atoms with E-state index in [9.17, 15) is 9.59 Å². The van der Waals surface area contributed by atoms with Gasteiger partial charge in [-0.2, -0.15) is 0 Å². The molecule has 8 heteroatoms. The van der Waals surface area contributed by atoms with E-state index in [1.54, 1.807) is 30.3 Å². The van der Waals surface area contributed by atoms with Crippen LogP contribution < -0.4 is 10.1 Å². The lowest BCUT2D eigenvalue weighted by Gasteiger charge is -2.31. The van der Waals surface area contributed by atoms with E-state index in [0.717, 1.165) is 10.9 Å². The van der Waals surface area contributed by atoms with Gasteiger partial charge in [0.25, 0.3) is 5.91 Å². The quantitative estimate of drug-likeness (QED) is 0.419. The largest absolute Gasteiger partial charge is 0.484 e. The average molecular weight is 530 g/mol. The van der Waals surface area contributed by atoms with Crippen molar-refractivity contribution in [3.63, 3.8) is 0 Å². The number of hydrogen-bond donors (Lipinski definition) is 1. The number of carbonyl (C=O) groups is 2. The molecule has 0 spiro atoms. The van der Waals surface area contributed by atoms with Crippen LogP contribution in [0.5, 0.6) is 5.75 Å². The lowest BCUT2D eigenvalue weighted by atomic mass is 10.1. The Bertz CT molecular complexity index is 893. The zero-order chi connectivity index (χ0) is 23.0. The zero-order valence-electron chi connectivity index (χ0n) is 17.8. The molecule has 2 rings (SSSR count). The molecular formula is C23H27BrCl2N2O3. The summed E-state index contributed by atoms with van der Waals surface area (Å²) in [5, 5.41) is 3.92. The Morgan fingerprint density at radius 1 is 1.10 bits per heavy atom. The minimum atomic E-state index is -0.651. The molecule has 0 heterocycles. The van der Waals surface area contributed by atoms with Crippen molar-refractivity contribution in [2.24, 2.45) is 0 Å². The summed E-state index contributed by atoms with van der Waals surface area (Å²) in [6.07, 6.45) is 1.25. The highest BCUT2D eigenvalue weighted by Crippen LogP contribution is 2.24. The second-order valence-electron chi connectivity index (χ2n) is 7.24. The van der Waals surface area contributed by atoms with Gasteiger partial charge in [0.2, 0.25) is 5.91 Å². The van der Waals surface area contributed by atoms with Crippen LogP contribution in [0.3, 0.4) is 0 Å². The van der Waals surface area contributed by atoms with E-state index in [1.165, 1.54) is 4.90 Å². The molecule has 0 saturated carbocycles. The monoisotopic (exact) mass is 528 g/mol. The molecule has 31 heavy (non-hydrogen) atoms. The van der Waals surface area contributed by atoms with Crippen molar-refractivity contribution < 1.29 is 14.3 Å². The summed E-state index contributed by atoms with van der Waals surface area (Å²) in [5.41, 5.74) is 0.706. The molecular weight excluding hydrogens is 503 g/mol. The predicted octanol–water partition coefficient (Wildman–Crippen LogP) is 5.86. The molecule has 2 amide bonds. The first kappa shape index (κ1) is 25.5. The van der Waals surface area contributed by atoms with Crippen molar-refractivity contribution in [3.05, 3.63) is 62.5 Å². The second-order valence-corrected chi connectivity index (χ2v) is 9.00. The van der Waals surface area contributed by atoms with E-state index in [2.05, 4.69) is 21.2 Å². The minimum absolute atomic E-state index is 0.0108. The van der Waals surface area contributed by atoms with Crippen molar-refractivity contribution in [3.8, 4) is 5.75 Å². The summed E-state index contributed by atoms with van der Waals surface area (Å²) in [6, 6.07) is 11.7. The first-order valence-electron chi connectivity index (χ1n) is 10.2. The minimum Gasteiger partial charge on any atom is -0.484 e. The number of benzene rings is 2. The van der Waals surface area contributed by atoms with E-state index < -0.39 is 6.04 Å². The lowest BCUT2D eigenvalue weighted by Crippen LogP contribution is -2.51. The highest BCUT2D eigenvalue weighted by Gasteiger charge is 2.30. The number of nitrogens with zero attached hydrogens (tertiary/aromatic N) is 1. The van der Waals surface area contributed by atoms with Gasteiger partial charge < -0.3 is 15.0 Å². The maximum atomic E-state index is 13.2. The molecule has 0 aliphatic carbocycles. The van der Waals surface area contributed by atoms with E-state index in [-0.39, 0.29) is 31.0 Å². The van der Waals surface area contributed by atoms with Crippen LogP contribution in [0.2, 0.25) is 10.0 Å². The Kier molecular flexibility index (Phi) is 10.1. The van der Waals surface area contributed by atoms with Crippen molar-refractivity contribution in [1.82, 2.24) is 10.2 Å². The van der Waals surface area contributed by atoms with E-state index in [1.807, 2.05) is 32.9 Å². The highest BCUT2D eigenvalue weighted by atomic mass is 79.9. The van der Waals surface area contributed by atoms with Crippen molar-refractivity contribution >= 4 is 50.9 Å². The molecule has 2 aromatic rings. The number of carbonyl (C=O) groups excluding carboxylic acids is 2. The van der Waals surface area contributed by atoms with Crippen molar-refractivity contribution in [2.75, 3.05) is 6.61 Å². The molecule has 0 aliphatic heterocycles. The Morgan fingerprint density at radius 2 is 1.77 bits per heavy atom. The van der Waals surface area contributed by atoms with Crippen molar-refractivity contribution in [2.45, 2.75) is 52.2 Å².